The van der Waals surface area contributed by atoms with Crippen molar-refractivity contribution in [2.75, 3.05) is 13.3 Å². The van der Waals surface area contributed by atoms with Gasteiger partial charge in [-0.05, 0) is 25.0 Å². The molecule has 110 valence electrons. The molecule has 1 aromatic carbocycles. The molecule has 0 saturated heterocycles. The predicted molar refractivity (Wildman–Crippen MR) is 72.3 cm³/mol. The number of rotatable bonds is 7. The Balaban J connectivity index is 2.02. The van der Waals surface area contributed by atoms with Gasteiger partial charge in [-0.25, -0.2) is 4.79 Å². The van der Waals surface area contributed by atoms with E-state index in [-0.39, 0.29) is 12.5 Å². The molecule has 0 aliphatic heterocycles. The van der Waals surface area contributed by atoms with E-state index in [0.717, 1.165) is 4.73 Å². The van der Waals surface area contributed by atoms with E-state index in [4.69, 9.17) is 9.25 Å². The lowest BCUT2D eigenvalue weighted by molar-refractivity contribution is 0.0197. The maximum atomic E-state index is 12.1. The number of hydrogen-bond donors (Lipinski definition) is 1. The number of aliphatic hydroxyl groups excluding tert-OH is 1. The van der Waals surface area contributed by atoms with Crippen LogP contribution >= 0.6 is 0 Å². The van der Waals surface area contributed by atoms with Crippen molar-refractivity contribution in [3.05, 3.63) is 34.8 Å². The maximum Gasteiger partial charge on any atom is 0.453 e. The summed E-state index contributed by atoms with van der Waals surface area (Å²) in [6, 6.07) is 6.93. The van der Waals surface area contributed by atoms with Crippen LogP contribution in [0, 0.1) is 5.92 Å². The van der Waals surface area contributed by atoms with Gasteiger partial charge in [-0.1, -0.05) is 19.1 Å². The summed E-state index contributed by atoms with van der Waals surface area (Å²) in [6.07, 6.45) is 0.0435. The second-order valence-electron chi connectivity index (χ2n) is 4.80. The van der Waals surface area contributed by atoms with Crippen LogP contribution in [0.4, 0.5) is 4.39 Å². The Morgan fingerprint density at radius 2 is 2.20 bits per heavy atom. The minimum Gasteiger partial charge on any atom is -0.407 e. The van der Waals surface area contributed by atoms with Crippen LogP contribution in [0.2, 0.25) is 0 Å². The number of halogens is 1. The predicted octanol–water partition coefficient (Wildman–Crippen LogP) is 1.77. The highest BCUT2D eigenvalue weighted by molar-refractivity contribution is 5.72. The first kappa shape index (κ1) is 14.6. The number of hydrogen-bond acceptors (Lipinski definition) is 4. The average molecular weight is 283 g/mol. The zero-order valence-electron chi connectivity index (χ0n) is 11.3. The Morgan fingerprint density at radius 3 is 2.95 bits per heavy atom. The van der Waals surface area contributed by atoms with Crippen molar-refractivity contribution in [3.8, 4) is 0 Å². The van der Waals surface area contributed by atoms with Crippen molar-refractivity contribution in [1.29, 1.82) is 0 Å². The molecule has 2 aromatic rings. The van der Waals surface area contributed by atoms with Gasteiger partial charge in [0.1, 0.15) is 12.1 Å². The molecule has 2 rings (SSSR count). The van der Waals surface area contributed by atoms with Crippen molar-refractivity contribution in [3.63, 3.8) is 0 Å². The monoisotopic (exact) mass is 283 g/mol. The van der Waals surface area contributed by atoms with Crippen LogP contribution in [-0.2, 0) is 0 Å². The lowest BCUT2D eigenvalue weighted by Crippen LogP contribution is -2.31. The Kier molecular flexibility index (Phi) is 4.79. The molecule has 2 unspecified atom stereocenters. The summed E-state index contributed by atoms with van der Waals surface area (Å²) in [4.78, 5) is 17.1. The van der Waals surface area contributed by atoms with Gasteiger partial charge in [-0.2, -0.15) is 0 Å². The molecule has 1 aromatic heterocycles. The van der Waals surface area contributed by atoms with E-state index in [1.807, 2.05) is 0 Å². The van der Waals surface area contributed by atoms with Crippen molar-refractivity contribution >= 4 is 11.1 Å². The highest BCUT2D eigenvalue weighted by Crippen LogP contribution is 2.12. The van der Waals surface area contributed by atoms with Crippen molar-refractivity contribution in [1.82, 2.24) is 4.73 Å². The molecule has 5 nitrogen and oxygen atoms in total. The number of aliphatic hydroxyl groups is 1. The lowest BCUT2D eigenvalue weighted by Gasteiger charge is -2.18. The summed E-state index contributed by atoms with van der Waals surface area (Å²) in [6.45, 7) is 1.49. The van der Waals surface area contributed by atoms with Gasteiger partial charge in [0.05, 0.1) is 12.8 Å². The fourth-order valence-electron chi connectivity index (χ4n) is 1.94. The molecule has 6 heteroatoms. The zero-order valence-corrected chi connectivity index (χ0v) is 11.3. The first-order chi connectivity index (χ1) is 9.63. The van der Waals surface area contributed by atoms with Gasteiger partial charge in [0.15, 0.2) is 5.58 Å². The molecule has 0 bridgehead atoms. The first-order valence-corrected chi connectivity index (χ1v) is 6.61. The fraction of sp³-hybridized carbons (Fsp3) is 0.500. The van der Waals surface area contributed by atoms with E-state index in [2.05, 4.69) is 0 Å². The number of nitrogens with zero attached hydrogens (tertiary/aromatic N) is 1. The van der Waals surface area contributed by atoms with Gasteiger partial charge in [0.25, 0.3) is 0 Å². The van der Waals surface area contributed by atoms with E-state index in [9.17, 15) is 14.3 Å². The van der Waals surface area contributed by atoms with Crippen LogP contribution in [0.3, 0.4) is 0 Å². The molecule has 0 amide bonds. The first-order valence-electron chi connectivity index (χ1n) is 6.61. The fourth-order valence-corrected chi connectivity index (χ4v) is 1.94. The molecule has 0 spiro atoms. The molecular formula is C14H18FNO4. The number of aromatic nitrogens is 1. The Hall–Kier alpha value is -1.82. The lowest BCUT2D eigenvalue weighted by atomic mass is 10.0. The average Bonchev–Trinajstić information content (AvgIpc) is 2.77. The smallest absolute Gasteiger partial charge is 0.407 e. The molecule has 0 saturated carbocycles. The SMILES string of the molecule is CC(COn1c(=O)oc2ccccc21)C(O)CCCF. The van der Waals surface area contributed by atoms with Gasteiger partial charge in [-0.15, -0.1) is 4.73 Å². The third-order valence-corrected chi connectivity index (χ3v) is 3.20. The number of oxazole rings is 1. The van der Waals surface area contributed by atoms with Gasteiger partial charge in [-0.3, -0.25) is 4.39 Å². The van der Waals surface area contributed by atoms with Crippen LogP contribution in [-0.4, -0.2) is 29.2 Å². The highest BCUT2D eigenvalue weighted by atomic mass is 19.1. The van der Waals surface area contributed by atoms with Crippen molar-refractivity contribution in [2.24, 2.45) is 5.92 Å². The molecule has 1 N–H and O–H groups in total. The van der Waals surface area contributed by atoms with E-state index < -0.39 is 18.5 Å². The molecular weight excluding hydrogens is 265 g/mol. The molecule has 1 heterocycles. The van der Waals surface area contributed by atoms with Gasteiger partial charge in [0, 0.05) is 5.92 Å². The number of alkyl halides is 1. The van der Waals surface area contributed by atoms with Gasteiger partial charge in [0.2, 0.25) is 0 Å². The third kappa shape index (κ3) is 3.19. The van der Waals surface area contributed by atoms with Crippen LogP contribution in [0.25, 0.3) is 11.1 Å². The summed E-state index contributed by atoms with van der Waals surface area (Å²) in [5.74, 6) is -0.807. The third-order valence-electron chi connectivity index (χ3n) is 3.20. The Morgan fingerprint density at radius 1 is 1.45 bits per heavy atom. The second-order valence-corrected chi connectivity index (χ2v) is 4.80. The number of benzene rings is 1. The molecule has 0 radical (unpaired) electrons. The van der Waals surface area contributed by atoms with Crippen LogP contribution in [0.15, 0.2) is 33.5 Å². The Labute approximate surface area is 115 Å². The van der Waals surface area contributed by atoms with Gasteiger partial charge >= 0.3 is 5.76 Å². The minimum absolute atomic E-state index is 0.150. The number of para-hydroxylation sites is 2. The zero-order chi connectivity index (χ0) is 14.5. The molecule has 2 atom stereocenters. The normalized spacial score (nSPS) is 14.3. The van der Waals surface area contributed by atoms with E-state index >= 15 is 0 Å². The quantitative estimate of drug-likeness (QED) is 0.841. The largest absolute Gasteiger partial charge is 0.453 e. The minimum atomic E-state index is -0.653. The topological polar surface area (TPSA) is 64.6 Å². The van der Waals surface area contributed by atoms with Crippen LogP contribution in [0.1, 0.15) is 19.8 Å². The summed E-state index contributed by atoms with van der Waals surface area (Å²) in [7, 11) is 0. The van der Waals surface area contributed by atoms with E-state index in [1.165, 1.54) is 0 Å². The summed E-state index contributed by atoms with van der Waals surface area (Å²) in [5, 5.41) is 9.80. The molecule has 20 heavy (non-hydrogen) atoms. The van der Waals surface area contributed by atoms with Crippen LogP contribution < -0.4 is 10.6 Å². The summed E-state index contributed by atoms with van der Waals surface area (Å²) in [5.41, 5.74) is 0.992. The molecule has 0 aliphatic rings. The standard InChI is InChI=1S/C14H18FNO4/c1-10(12(17)6-4-8-15)9-19-16-11-5-2-3-7-13(11)20-14(16)18/h2-3,5,7,10,12,17H,4,6,8-9H2,1H3. The molecule has 0 aliphatic carbocycles. The number of fused-ring (bicyclic) bond motifs is 1. The van der Waals surface area contributed by atoms with E-state index in [0.29, 0.717) is 23.9 Å². The van der Waals surface area contributed by atoms with Crippen molar-refractivity contribution < 1.29 is 18.8 Å². The summed E-state index contributed by atoms with van der Waals surface area (Å²) >= 11 is 0. The van der Waals surface area contributed by atoms with Gasteiger partial charge < -0.3 is 14.4 Å². The molecule has 0 fully saturated rings. The highest BCUT2D eigenvalue weighted by Gasteiger charge is 2.17. The second kappa shape index (κ2) is 6.56. The summed E-state index contributed by atoms with van der Waals surface area (Å²) < 4.78 is 18.2. The Bertz CT molecular complexity index is 606. The van der Waals surface area contributed by atoms with Crippen LogP contribution in [0.5, 0.6) is 0 Å². The maximum absolute atomic E-state index is 12.1. The van der Waals surface area contributed by atoms with E-state index in [1.54, 1.807) is 31.2 Å². The van der Waals surface area contributed by atoms with Crippen molar-refractivity contribution in [2.45, 2.75) is 25.9 Å².